The van der Waals surface area contributed by atoms with Crippen molar-refractivity contribution in [3.63, 3.8) is 0 Å². The lowest BCUT2D eigenvalue weighted by molar-refractivity contribution is 0.102. The number of amides is 1. The number of rotatable bonds is 2. The molecule has 1 amide bonds. The maximum Gasteiger partial charge on any atom is 0.258 e. The van der Waals surface area contributed by atoms with Crippen LogP contribution in [0.15, 0.2) is 42.5 Å². The summed E-state index contributed by atoms with van der Waals surface area (Å²) in [7, 11) is 0. The van der Waals surface area contributed by atoms with Gasteiger partial charge < -0.3 is 5.32 Å². The smallest absolute Gasteiger partial charge is 0.258 e. The van der Waals surface area contributed by atoms with E-state index < -0.39 is 11.7 Å². The Labute approximate surface area is 114 Å². The lowest BCUT2D eigenvalue weighted by Crippen LogP contribution is -2.13. The van der Waals surface area contributed by atoms with Crippen LogP contribution in [0, 0.1) is 17.1 Å². The van der Waals surface area contributed by atoms with Crippen molar-refractivity contribution in [3.8, 4) is 6.07 Å². The summed E-state index contributed by atoms with van der Waals surface area (Å²) in [5.41, 5.74) is 0.563. The number of carbonyl (C=O) groups excluding carboxylic acids is 1. The molecule has 5 heteroatoms. The predicted octanol–water partition coefficient (Wildman–Crippen LogP) is 3.60. The van der Waals surface area contributed by atoms with E-state index in [9.17, 15) is 9.18 Å². The summed E-state index contributed by atoms with van der Waals surface area (Å²) in [5.74, 6) is -1.31. The van der Waals surface area contributed by atoms with Crippen LogP contribution >= 0.6 is 11.6 Å². The molecule has 0 aromatic heterocycles. The quantitative estimate of drug-likeness (QED) is 0.909. The van der Waals surface area contributed by atoms with Crippen molar-refractivity contribution < 1.29 is 9.18 Å². The average molecular weight is 275 g/mol. The number of halogens is 2. The molecule has 0 bridgehead atoms. The van der Waals surface area contributed by atoms with E-state index in [1.807, 2.05) is 0 Å². The Morgan fingerprint density at radius 3 is 2.47 bits per heavy atom. The lowest BCUT2D eigenvalue weighted by atomic mass is 10.1. The maximum absolute atomic E-state index is 13.6. The van der Waals surface area contributed by atoms with E-state index in [0.717, 1.165) is 6.07 Å². The van der Waals surface area contributed by atoms with E-state index in [-0.39, 0.29) is 11.1 Å². The molecule has 0 aliphatic rings. The van der Waals surface area contributed by atoms with Crippen molar-refractivity contribution in [1.82, 2.24) is 0 Å². The molecule has 2 aromatic carbocycles. The Hall–Kier alpha value is -2.38. The third-order valence-electron chi connectivity index (χ3n) is 2.44. The summed E-state index contributed by atoms with van der Waals surface area (Å²) in [5, 5.41) is 11.7. The summed E-state index contributed by atoms with van der Waals surface area (Å²) in [6.07, 6.45) is 0. The molecule has 0 aliphatic carbocycles. The zero-order valence-corrected chi connectivity index (χ0v) is 10.4. The molecule has 0 radical (unpaired) electrons. The molecule has 3 nitrogen and oxygen atoms in total. The first-order valence-corrected chi connectivity index (χ1v) is 5.74. The van der Waals surface area contributed by atoms with Gasteiger partial charge in [0.05, 0.1) is 17.2 Å². The van der Waals surface area contributed by atoms with Crippen LogP contribution in [-0.2, 0) is 0 Å². The third-order valence-corrected chi connectivity index (χ3v) is 2.70. The normalized spacial score (nSPS) is 9.74. The van der Waals surface area contributed by atoms with Crippen LogP contribution in [0.25, 0.3) is 0 Å². The Morgan fingerprint density at radius 1 is 1.21 bits per heavy atom. The number of hydrogen-bond acceptors (Lipinski definition) is 2. The molecule has 0 heterocycles. The highest BCUT2D eigenvalue weighted by atomic mass is 35.5. The Balaban J connectivity index is 2.21. The summed E-state index contributed by atoms with van der Waals surface area (Å²) in [4.78, 5) is 11.9. The maximum atomic E-state index is 13.6. The Bertz CT molecular complexity index is 662. The summed E-state index contributed by atoms with van der Waals surface area (Å²) < 4.78 is 13.6. The second-order valence-corrected chi connectivity index (χ2v) is 4.20. The number of anilines is 1. The fourth-order valence-electron chi connectivity index (χ4n) is 1.50. The van der Waals surface area contributed by atoms with Crippen molar-refractivity contribution in [2.45, 2.75) is 0 Å². The summed E-state index contributed by atoms with van der Waals surface area (Å²) >= 11 is 5.72. The van der Waals surface area contributed by atoms with Gasteiger partial charge in [0, 0.05) is 10.7 Å². The SMILES string of the molecule is N#Cc1ccc(C(=O)Nc2ccc(Cl)cc2)c(F)c1. The molecule has 0 fully saturated rings. The van der Waals surface area contributed by atoms with Gasteiger partial charge in [0.25, 0.3) is 5.91 Å². The molecule has 19 heavy (non-hydrogen) atoms. The van der Waals surface area contributed by atoms with Gasteiger partial charge in [0.15, 0.2) is 0 Å². The first kappa shape index (κ1) is 13.1. The van der Waals surface area contributed by atoms with Gasteiger partial charge in [-0.15, -0.1) is 0 Å². The third kappa shape index (κ3) is 3.09. The molecule has 94 valence electrons. The summed E-state index contributed by atoms with van der Waals surface area (Å²) in [6.45, 7) is 0. The first-order chi connectivity index (χ1) is 9.10. The summed E-state index contributed by atoms with van der Waals surface area (Å²) in [6, 6.07) is 12.0. The second-order valence-electron chi connectivity index (χ2n) is 3.77. The molecule has 2 rings (SSSR count). The molecule has 0 saturated carbocycles. The van der Waals surface area contributed by atoms with Gasteiger partial charge in [-0.3, -0.25) is 4.79 Å². The topological polar surface area (TPSA) is 52.9 Å². The van der Waals surface area contributed by atoms with Crippen molar-refractivity contribution >= 4 is 23.2 Å². The molecule has 2 aromatic rings. The minimum Gasteiger partial charge on any atom is -0.322 e. The molecule has 0 spiro atoms. The van der Waals surface area contributed by atoms with Gasteiger partial charge in [0.1, 0.15) is 5.82 Å². The van der Waals surface area contributed by atoms with E-state index in [2.05, 4.69) is 5.32 Å². The predicted molar refractivity (Wildman–Crippen MR) is 70.5 cm³/mol. The van der Waals surface area contributed by atoms with Crippen molar-refractivity contribution in [2.24, 2.45) is 0 Å². The van der Waals surface area contributed by atoms with E-state index >= 15 is 0 Å². The fourth-order valence-corrected chi connectivity index (χ4v) is 1.63. The number of benzene rings is 2. The molecule has 0 atom stereocenters. The standard InChI is InChI=1S/C14H8ClFN2O/c15-10-2-4-11(5-3-10)18-14(19)12-6-1-9(8-17)7-13(12)16/h1-7H,(H,18,19). The lowest BCUT2D eigenvalue weighted by Gasteiger charge is -2.06. The van der Waals surface area contributed by atoms with E-state index in [1.165, 1.54) is 12.1 Å². The highest BCUT2D eigenvalue weighted by Crippen LogP contribution is 2.16. The van der Waals surface area contributed by atoms with Gasteiger partial charge in [-0.25, -0.2) is 4.39 Å². The molecule has 0 unspecified atom stereocenters. The molecular formula is C14H8ClFN2O. The monoisotopic (exact) mass is 274 g/mol. The number of hydrogen-bond donors (Lipinski definition) is 1. The molecular weight excluding hydrogens is 267 g/mol. The van der Waals surface area contributed by atoms with Crippen LogP contribution < -0.4 is 5.32 Å². The fraction of sp³-hybridized carbons (Fsp3) is 0. The Morgan fingerprint density at radius 2 is 1.89 bits per heavy atom. The first-order valence-electron chi connectivity index (χ1n) is 5.37. The van der Waals surface area contributed by atoms with E-state index in [1.54, 1.807) is 30.3 Å². The van der Waals surface area contributed by atoms with Crippen LogP contribution in [0.4, 0.5) is 10.1 Å². The van der Waals surface area contributed by atoms with Gasteiger partial charge in [-0.2, -0.15) is 5.26 Å². The highest BCUT2D eigenvalue weighted by molar-refractivity contribution is 6.30. The highest BCUT2D eigenvalue weighted by Gasteiger charge is 2.12. The largest absolute Gasteiger partial charge is 0.322 e. The van der Waals surface area contributed by atoms with E-state index in [0.29, 0.717) is 10.7 Å². The molecule has 0 saturated heterocycles. The van der Waals surface area contributed by atoms with Crippen LogP contribution in [0.1, 0.15) is 15.9 Å². The minimum atomic E-state index is -0.731. The van der Waals surface area contributed by atoms with Crippen molar-refractivity contribution in [1.29, 1.82) is 5.26 Å². The number of carbonyl (C=O) groups is 1. The van der Waals surface area contributed by atoms with Gasteiger partial charge in [-0.1, -0.05) is 11.6 Å². The van der Waals surface area contributed by atoms with Crippen molar-refractivity contribution in [3.05, 3.63) is 64.4 Å². The second kappa shape index (κ2) is 5.51. The van der Waals surface area contributed by atoms with Crippen LogP contribution in [-0.4, -0.2) is 5.91 Å². The zero-order chi connectivity index (χ0) is 13.8. The average Bonchev–Trinajstić information content (AvgIpc) is 2.41. The minimum absolute atomic E-state index is 0.117. The van der Waals surface area contributed by atoms with Gasteiger partial charge in [0.2, 0.25) is 0 Å². The Kier molecular flexibility index (Phi) is 3.79. The van der Waals surface area contributed by atoms with Gasteiger partial charge in [-0.05, 0) is 42.5 Å². The number of nitrogens with one attached hydrogen (secondary N) is 1. The van der Waals surface area contributed by atoms with Crippen LogP contribution in [0.3, 0.4) is 0 Å². The number of nitriles is 1. The molecule has 0 aliphatic heterocycles. The van der Waals surface area contributed by atoms with E-state index in [4.69, 9.17) is 16.9 Å². The van der Waals surface area contributed by atoms with Crippen LogP contribution in [0.5, 0.6) is 0 Å². The zero-order valence-electron chi connectivity index (χ0n) is 9.65. The van der Waals surface area contributed by atoms with Crippen molar-refractivity contribution in [2.75, 3.05) is 5.32 Å². The van der Waals surface area contributed by atoms with Crippen LogP contribution in [0.2, 0.25) is 5.02 Å². The number of nitrogens with zero attached hydrogens (tertiary/aromatic N) is 1. The van der Waals surface area contributed by atoms with Gasteiger partial charge >= 0.3 is 0 Å². The molecule has 1 N–H and O–H groups in total.